The average molecular weight is 428 g/mol. The summed E-state index contributed by atoms with van der Waals surface area (Å²) in [6, 6.07) is 5.24. The van der Waals surface area contributed by atoms with E-state index in [0.717, 1.165) is 36.3 Å². The van der Waals surface area contributed by atoms with Crippen molar-refractivity contribution in [3.63, 3.8) is 0 Å². The van der Waals surface area contributed by atoms with Gasteiger partial charge >= 0.3 is 0 Å². The fourth-order valence-electron chi connectivity index (χ4n) is 3.25. The van der Waals surface area contributed by atoms with Gasteiger partial charge in [-0.05, 0) is 24.2 Å². The number of halogens is 1. The minimum absolute atomic E-state index is 0.149. The number of anilines is 3. The first-order valence-electron chi connectivity index (χ1n) is 9.48. The van der Waals surface area contributed by atoms with Gasteiger partial charge in [0.05, 0.1) is 19.0 Å². The van der Waals surface area contributed by atoms with Crippen LogP contribution in [0.1, 0.15) is 16.8 Å². The summed E-state index contributed by atoms with van der Waals surface area (Å²) in [6.45, 7) is 2.25. The molecule has 0 aliphatic carbocycles. The molecular weight excluding hydrogens is 406 g/mol. The Kier molecular flexibility index (Phi) is 5.82. The van der Waals surface area contributed by atoms with Crippen molar-refractivity contribution in [1.82, 2.24) is 24.8 Å². The second-order valence-corrected chi connectivity index (χ2v) is 7.48. The molecule has 0 saturated heterocycles. The Balaban J connectivity index is 1.55. The summed E-state index contributed by atoms with van der Waals surface area (Å²) < 4.78 is 5.47. The number of hydrogen-bond donors (Lipinski definition) is 3. The molecule has 0 radical (unpaired) electrons. The number of rotatable bonds is 6. The van der Waals surface area contributed by atoms with E-state index in [-0.39, 0.29) is 5.56 Å². The molecule has 10 heteroatoms. The van der Waals surface area contributed by atoms with Crippen molar-refractivity contribution in [1.29, 1.82) is 0 Å². The Morgan fingerprint density at radius 1 is 1.33 bits per heavy atom. The maximum atomic E-state index is 11.2. The number of H-pyrrole nitrogens is 1. The molecule has 0 amide bonds. The van der Waals surface area contributed by atoms with Gasteiger partial charge in [-0.3, -0.25) is 4.79 Å². The Hall–Kier alpha value is -3.17. The molecule has 1 aliphatic heterocycles. The molecule has 0 atom stereocenters. The van der Waals surface area contributed by atoms with E-state index in [2.05, 4.69) is 42.5 Å². The molecule has 156 valence electrons. The van der Waals surface area contributed by atoms with Gasteiger partial charge in [0.1, 0.15) is 10.7 Å². The number of hydrogen-bond acceptors (Lipinski definition) is 8. The zero-order valence-corrected chi connectivity index (χ0v) is 17.5. The Morgan fingerprint density at radius 3 is 2.97 bits per heavy atom. The van der Waals surface area contributed by atoms with Crippen molar-refractivity contribution in [3.8, 4) is 5.88 Å². The van der Waals surface area contributed by atoms with E-state index in [1.165, 1.54) is 12.3 Å². The van der Waals surface area contributed by atoms with E-state index in [0.29, 0.717) is 34.9 Å². The van der Waals surface area contributed by atoms with Gasteiger partial charge in [-0.15, -0.1) is 0 Å². The van der Waals surface area contributed by atoms with Gasteiger partial charge in [0.15, 0.2) is 5.82 Å². The van der Waals surface area contributed by atoms with Gasteiger partial charge in [-0.1, -0.05) is 17.7 Å². The van der Waals surface area contributed by atoms with Crippen LogP contribution >= 0.6 is 11.6 Å². The number of pyridine rings is 2. The Morgan fingerprint density at radius 2 is 2.20 bits per heavy atom. The Bertz CT molecular complexity index is 1100. The molecule has 0 fully saturated rings. The van der Waals surface area contributed by atoms with E-state index in [1.54, 1.807) is 19.4 Å². The van der Waals surface area contributed by atoms with E-state index in [4.69, 9.17) is 16.3 Å². The molecule has 1 aliphatic rings. The molecule has 0 unspecified atom stereocenters. The highest BCUT2D eigenvalue weighted by Crippen LogP contribution is 2.30. The zero-order chi connectivity index (χ0) is 21.1. The van der Waals surface area contributed by atoms with Gasteiger partial charge in [0, 0.05) is 38.3 Å². The van der Waals surface area contributed by atoms with E-state index in [9.17, 15) is 4.79 Å². The van der Waals surface area contributed by atoms with Crippen LogP contribution < -0.4 is 20.9 Å². The highest BCUT2D eigenvalue weighted by Gasteiger charge is 2.19. The molecule has 0 bridgehead atoms. The number of nitrogens with zero attached hydrogens (tertiary/aromatic N) is 4. The number of fused-ring (bicyclic) bond motifs is 1. The predicted molar refractivity (Wildman–Crippen MR) is 116 cm³/mol. The molecule has 0 saturated carbocycles. The molecule has 3 aromatic heterocycles. The molecule has 4 heterocycles. The zero-order valence-electron chi connectivity index (χ0n) is 16.7. The normalized spacial score (nSPS) is 13.6. The topological polar surface area (TPSA) is 108 Å². The number of ether oxygens (including phenoxy) is 1. The van der Waals surface area contributed by atoms with Gasteiger partial charge < -0.3 is 25.3 Å². The lowest BCUT2D eigenvalue weighted by molar-refractivity contribution is 0.307. The van der Waals surface area contributed by atoms with Crippen LogP contribution in [0.25, 0.3) is 0 Å². The number of likely N-dealkylation sites (N-methyl/N-ethyl adjacent to an activating group) is 1. The SMILES string of the molecule is COc1nc2c(cc1Nc1ncc(Cl)c(NCc3ccc(=O)[nH]c3)n1)CN(C)CC2. The monoisotopic (exact) mass is 427 g/mol. The van der Waals surface area contributed by atoms with Gasteiger partial charge in [-0.2, -0.15) is 4.98 Å². The summed E-state index contributed by atoms with van der Waals surface area (Å²) in [5.74, 6) is 1.34. The van der Waals surface area contributed by atoms with Crippen molar-refractivity contribution in [2.75, 3.05) is 31.3 Å². The molecule has 3 N–H and O–H groups in total. The molecular formula is C20H22ClN7O2. The standard InChI is InChI=1S/C20H22ClN7O2/c1-28-6-5-15-13(11-28)7-16(19(25-15)30-2)26-20-24-10-14(21)18(27-20)23-9-12-3-4-17(29)22-8-12/h3-4,7-8,10H,5-6,9,11H2,1-2H3,(H,22,29)(H2,23,24,26,27). The minimum Gasteiger partial charge on any atom is -0.480 e. The predicted octanol–water partition coefficient (Wildman–Crippen LogP) is 2.57. The molecule has 4 rings (SSSR count). The minimum atomic E-state index is -0.149. The highest BCUT2D eigenvalue weighted by molar-refractivity contribution is 6.32. The second kappa shape index (κ2) is 8.68. The summed E-state index contributed by atoms with van der Waals surface area (Å²) in [5.41, 5.74) is 3.64. The highest BCUT2D eigenvalue weighted by atomic mass is 35.5. The van der Waals surface area contributed by atoms with Crippen LogP contribution in [0.3, 0.4) is 0 Å². The quantitative estimate of drug-likeness (QED) is 0.550. The third kappa shape index (κ3) is 4.52. The maximum Gasteiger partial charge on any atom is 0.247 e. The maximum absolute atomic E-state index is 11.2. The van der Waals surface area contributed by atoms with E-state index < -0.39 is 0 Å². The first-order chi connectivity index (χ1) is 14.5. The second-order valence-electron chi connectivity index (χ2n) is 7.07. The molecule has 0 spiro atoms. The fraction of sp³-hybridized carbons (Fsp3) is 0.300. The van der Waals surface area contributed by atoms with Crippen LogP contribution in [-0.2, 0) is 19.5 Å². The smallest absolute Gasteiger partial charge is 0.247 e. The van der Waals surface area contributed by atoms with Crippen LogP contribution in [0.5, 0.6) is 5.88 Å². The van der Waals surface area contributed by atoms with Crippen LogP contribution in [0.2, 0.25) is 5.02 Å². The summed E-state index contributed by atoms with van der Waals surface area (Å²) >= 11 is 6.24. The van der Waals surface area contributed by atoms with Crippen LogP contribution in [0.4, 0.5) is 17.5 Å². The lowest BCUT2D eigenvalue weighted by Gasteiger charge is -2.25. The first-order valence-corrected chi connectivity index (χ1v) is 9.86. The van der Waals surface area contributed by atoms with Gasteiger partial charge in [0.2, 0.25) is 17.4 Å². The van der Waals surface area contributed by atoms with Crippen LogP contribution in [0, 0.1) is 0 Å². The van der Waals surface area contributed by atoms with Gasteiger partial charge in [0.25, 0.3) is 0 Å². The number of aromatic amines is 1. The fourth-order valence-corrected chi connectivity index (χ4v) is 3.41. The number of methoxy groups -OCH3 is 1. The molecule has 3 aromatic rings. The van der Waals surface area contributed by atoms with Crippen LogP contribution in [0.15, 0.2) is 35.4 Å². The van der Waals surface area contributed by atoms with Crippen molar-refractivity contribution in [2.45, 2.75) is 19.5 Å². The lowest BCUT2D eigenvalue weighted by Crippen LogP contribution is -2.27. The third-order valence-electron chi connectivity index (χ3n) is 4.82. The van der Waals surface area contributed by atoms with Crippen LogP contribution in [-0.4, -0.2) is 45.5 Å². The lowest BCUT2D eigenvalue weighted by atomic mass is 10.1. The summed E-state index contributed by atoms with van der Waals surface area (Å²) in [4.78, 5) is 29.5. The molecule has 9 nitrogen and oxygen atoms in total. The Labute approximate surface area is 178 Å². The largest absolute Gasteiger partial charge is 0.480 e. The van der Waals surface area contributed by atoms with E-state index in [1.807, 2.05) is 6.07 Å². The number of nitrogens with one attached hydrogen (secondary N) is 3. The van der Waals surface area contributed by atoms with Crippen molar-refractivity contribution >= 4 is 29.1 Å². The van der Waals surface area contributed by atoms with Crippen molar-refractivity contribution in [3.05, 3.63) is 62.8 Å². The third-order valence-corrected chi connectivity index (χ3v) is 5.10. The number of aromatic nitrogens is 4. The molecule has 30 heavy (non-hydrogen) atoms. The first kappa shape index (κ1) is 20.1. The summed E-state index contributed by atoms with van der Waals surface area (Å²) in [5, 5.41) is 6.74. The van der Waals surface area contributed by atoms with Gasteiger partial charge in [-0.25, -0.2) is 9.97 Å². The molecule has 0 aromatic carbocycles. The summed E-state index contributed by atoms with van der Waals surface area (Å²) in [7, 11) is 3.68. The summed E-state index contributed by atoms with van der Waals surface area (Å²) in [6.07, 6.45) is 4.06. The van der Waals surface area contributed by atoms with E-state index >= 15 is 0 Å². The van der Waals surface area contributed by atoms with Crippen molar-refractivity contribution < 1.29 is 4.74 Å². The average Bonchev–Trinajstić information content (AvgIpc) is 2.74. The van der Waals surface area contributed by atoms with Crippen molar-refractivity contribution in [2.24, 2.45) is 0 Å².